The molecule has 2 heterocycles. The highest BCUT2D eigenvalue weighted by molar-refractivity contribution is 6.16. The van der Waals surface area contributed by atoms with Crippen LogP contribution in [0.4, 0.5) is 0 Å². The molecule has 0 saturated heterocycles. The fourth-order valence-electron chi connectivity index (χ4n) is 2.29. The van der Waals surface area contributed by atoms with Crippen LogP contribution in [0.1, 0.15) is 31.5 Å². The van der Waals surface area contributed by atoms with Gasteiger partial charge < -0.3 is 4.57 Å². The van der Waals surface area contributed by atoms with Crippen molar-refractivity contribution in [2.75, 3.05) is 0 Å². The Kier molecular flexibility index (Phi) is 3.02. The van der Waals surface area contributed by atoms with Crippen molar-refractivity contribution in [1.82, 2.24) is 14.5 Å². The lowest BCUT2D eigenvalue weighted by Crippen LogP contribution is -2.03. The molecule has 1 saturated carbocycles. The van der Waals surface area contributed by atoms with Crippen LogP contribution in [0, 0.1) is 5.92 Å². The van der Waals surface area contributed by atoms with Crippen molar-refractivity contribution in [3.05, 3.63) is 24.2 Å². The Hall–Kier alpha value is -1.09. The van der Waals surface area contributed by atoms with Crippen molar-refractivity contribution in [1.29, 1.82) is 0 Å². The van der Waals surface area contributed by atoms with Crippen LogP contribution in [0.3, 0.4) is 0 Å². The van der Waals surface area contributed by atoms with Gasteiger partial charge in [-0.05, 0) is 30.9 Å². The summed E-state index contributed by atoms with van der Waals surface area (Å²) in [6.07, 6.45) is 7.20. The summed E-state index contributed by atoms with van der Waals surface area (Å²) in [5, 5.41) is 0. The zero-order valence-corrected chi connectivity index (χ0v) is 10.5. The molecule has 0 spiro atoms. The largest absolute Gasteiger partial charge is 0.312 e. The molecule has 0 N–H and O–H groups in total. The molecule has 0 aromatic carbocycles. The summed E-state index contributed by atoms with van der Waals surface area (Å²) >= 11 is 5.95. The highest BCUT2D eigenvalue weighted by atomic mass is 35.5. The lowest BCUT2D eigenvalue weighted by molar-refractivity contribution is 0.573. The number of pyridine rings is 1. The molecular formula is C13H16ClN3. The van der Waals surface area contributed by atoms with Gasteiger partial charge in [-0.1, -0.05) is 12.8 Å². The second-order valence-corrected chi connectivity index (χ2v) is 5.01. The molecule has 90 valence electrons. The number of halogens is 1. The molecule has 0 aliphatic heterocycles. The SMILES string of the molecule is ClCc1nc2cccnc2n1CCCC1CC1. The molecule has 0 atom stereocenters. The van der Waals surface area contributed by atoms with Crippen LogP contribution in [0.5, 0.6) is 0 Å². The van der Waals surface area contributed by atoms with Crippen LogP contribution in [0.15, 0.2) is 18.3 Å². The van der Waals surface area contributed by atoms with E-state index in [9.17, 15) is 0 Å². The van der Waals surface area contributed by atoms with Gasteiger partial charge >= 0.3 is 0 Å². The summed E-state index contributed by atoms with van der Waals surface area (Å²) < 4.78 is 2.17. The van der Waals surface area contributed by atoms with Gasteiger partial charge in [0.1, 0.15) is 11.3 Å². The van der Waals surface area contributed by atoms with Crippen molar-refractivity contribution in [2.45, 2.75) is 38.1 Å². The second kappa shape index (κ2) is 4.65. The van der Waals surface area contributed by atoms with E-state index < -0.39 is 0 Å². The Labute approximate surface area is 106 Å². The molecule has 1 aliphatic carbocycles. The summed E-state index contributed by atoms with van der Waals surface area (Å²) in [5.41, 5.74) is 1.92. The monoisotopic (exact) mass is 249 g/mol. The van der Waals surface area contributed by atoms with Crippen LogP contribution < -0.4 is 0 Å². The van der Waals surface area contributed by atoms with E-state index in [4.69, 9.17) is 11.6 Å². The van der Waals surface area contributed by atoms with Crippen molar-refractivity contribution in [2.24, 2.45) is 5.92 Å². The maximum Gasteiger partial charge on any atom is 0.160 e. The molecule has 2 aromatic heterocycles. The smallest absolute Gasteiger partial charge is 0.160 e. The van der Waals surface area contributed by atoms with E-state index in [0.29, 0.717) is 5.88 Å². The van der Waals surface area contributed by atoms with Crippen LogP contribution in [0.2, 0.25) is 0 Å². The van der Waals surface area contributed by atoms with Gasteiger partial charge in [-0.25, -0.2) is 9.97 Å². The Bertz CT molecular complexity index is 516. The van der Waals surface area contributed by atoms with E-state index in [1.54, 1.807) is 0 Å². The molecule has 1 fully saturated rings. The summed E-state index contributed by atoms with van der Waals surface area (Å²) in [6, 6.07) is 3.91. The topological polar surface area (TPSA) is 30.7 Å². The minimum absolute atomic E-state index is 0.458. The highest BCUT2D eigenvalue weighted by Crippen LogP contribution is 2.33. The molecule has 2 aromatic rings. The lowest BCUT2D eigenvalue weighted by atomic mass is 10.2. The molecule has 3 nitrogen and oxygen atoms in total. The molecular weight excluding hydrogens is 234 g/mol. The van der Waals surface area contributed by atoms with Gasteiger partial charge in [0, 0.05) is 12.7 Å². The van der Waals surface area contributed by atoms with E-state index in [-0.39, 0.29) is 0 Å². The van der Waals surface area contributed by atoms with Crippen LogP contribution in [-0.2, 0) is 12.4 Å². The summed E-state index contributed by atoms with van der Waals surface area (Å²) in [6.45, 7) is 0.992. The first-order valence-electron chi connectivity index (χ1n) is 6.24. The van der Waals surface area contributed by atoms with Crippen LogP contribution >= 0.6 is 11.6 Å². The second-order valence-electron chi connectivity index (χ2n) is 4.75. The number of alkyl halides is 1. The molecule has 0 radical (unpaired) electrons. The zero-order valence-electron chi connectivity index (χ0n) is 9.77. The predicted octanol–water partition coefficient (Wildman–Crippen LogP) is 3.36. The predicted molar refractivity (Wildman–Crippen MR) is 69.0 cm³/mol. The first-order chi connectivity index (χ1) is 8.38. The van der Waals surface area contributed by atoms with Crippen LogP contribution in [-0.4, -0.2) is 14.5 Å². The number of nitrogens with zero attached hydrogens (tertiary/aromatic N) is 3. The number of rotatable bonds is 5. The Balaban J connectivity index is 1.83. The number of aryl methyl sites for hydroxylation is 1. The number of aromatic nitrogens is 3. The number of fused-ring (bicyclic) bond motifs is 1. The summed E-state index contributed by atoms with van der Waals surface area (Å²) in [4.78, 5) is 8.92. The summed E-state index contributed by atoms with van der Waals surface area (Å²) in [7, 11) is 0. The number of imidazole rings is 1. The third kappa shape index (κ3) is 2.29. The van der Waals surface area contributed by atoms with E-state index in [1.165, 1.54) is 25.7 Å². The minimum Gasteiger partial charge on any atom is -0.312 e. The lowest BCUT2D eigenvalue weighted by Gasteiger charge is -2.06. The van der Waals surface area contributed by atoms with Crippen molar-refractivity contribution in [3.8, 4) is 0 Å². The normalized spacial score (nSPS) is 15.6. The molecule has 0 amide bonds. The van der Waals surface area contributed by atoms with Crippen molar-refractivity contribution >= 4 is 22.8 Å². The Morgan fingerprint density at radius 2 is 2.29 bits per heavy atom. The number of hydrogen-bond donors (Lipinski definition) is 0. The third-order valence-electron chi connectivity index (χ3n) is 3.39. The third-order valence-corrected chi connectivity index (χ3v) is 3.63. The zero-order chi connectivity index (χ0) is 11.7. The molecule has 0 unspecified atom stereocenters. The fourth-order valence-corrected chi connectivity index (χ4v) is 2.49. The maximum atomic E-state index is 5.95. The van der Waals surface area contributed by atoms with E-state index in [0.717, 1.165) is 29.5 Å². The molecule has 0 bridgehead atoms. The summed E-state index contributed by atoms with van der Waals surface area (Å²) in [5.74, 6) is 2.38. The van der Waals surface area contributed by atoms with Gasteiger partial charge in [-0.15, -0.1) is 11.6 Å². The molecule has 3 rings (SSSR count). The molecule has 17 heavy (non-hydrogen) atoms. The van der Waals surface area contributed by atoms with E-state index in [1.807, 2.05) is 18.3 Å². The maximum absolute atomic E-state index is 5.95. The highest BCUT2D eigenvalue weighted by Gasteiger charge is 2.20. The van der Waals surface area contributed by atoms with Gasteiger partial charge in [0.05, 0.1) is 5.88 Å². The standard InChI is InChI=1S/C13H16ClN3/c14-9-12-16-11-4-1-7-15-13(11)17(12)8-2-3-10-5-6-10/h1,4,7,10H,2-3,5-6,8-9H2. The van der Waals surface area contributed by atoms with Gasteiger partial charge in [-0.2, -0.15) is 0 Å². The van der Waals surface area contributed by atoms with Crippen LogP contribution in [0.25, 0.3) is 11.2 Å². The van der Waals surface area contributed by atoms with E-state index in [2.05, 4.69) is 14.5 Å². The average molecular weight is 250 g/mol. The average Bonchev–Trinajstić information content (AvgIpc) is 3.11. The van der Waals surface area contributed by atoms with Gasteiger partial charge in [0.25, 0.3) is 0 Å². The minimum atomic E-state index is 0.458. The molecule has 4 heteroatoms. The van der Waals surface area contributed by atoms with Gasteiger partial charge in [0.2, 0.25) is 0 Å². The quantitative estimate of drug-likeness (QED) is 0.761. The van der Waals surface area contributed by atoms with Crippen molar-refractivity contribution < 1.29 is 0 Å². The number of hydrogen-bond acceptors (Lipinski definition) is 2. The van der Waals surface area contributed by atoms with Gasteiger partial charge in [-0.3, -0.25) is 0 Å². The van der Waals surface area contributed by atoms with Crippen molar-refractivity contribution in [3.63, 3.8) is 0 Å². The Morgan fingerprint density at radius 1 is 1.41 bits per heavy atom. The molecule has 1 aliphatic rings. The first kappa shape index (κ1) is 11.0. The first-order valence-corrected chi connectivity index (χ1v) is 6.78. The fraction of sp³-hybridized carbons (Fsp3) is 0.538. The van der Waals surface area contributed by atoms with E-state index >= 15 is 0 Å². The van der Waals surface area contributed by atoms with Gasteiger partial charge in [0.15, 0.2) is 5.65 Å². The Morgan fingerprint density at radius 3 is 3.06 bits per heavy atom.